The van der Waals surface area contributed by atoms with Crippen LogP contribution >= 0.6 is 0 Å². The van der Waals surface area contributed by atoms with Crippen LogP contribution in [0.4, 0.5) is 11.6 Å². The van der Waals surface area contributed by atoms with Gasteiger partial charge in [-0.1, -0.05) is 35.5 Å². The molecule has 3 rings (SSSR count). The predicted molar refractivity (Wildman–Crippen MR) is 103 cm³/mol. The van der Waals surface area contributed by atoms with Gasteiger partial charge in [-0.3, -0.25) is 4.79 Å². The van der Waals surface area contributed by atoms with Crippen molar-refractivity contribution in [3.63, 3.8) is 0 Å². The van der Waals surface area contributed by atoms with Gasteiger partial charge in [-0.15, -0.1) is 0 Å². The van der Waals surface area contributed by atoms with Crippen LogP contribution in [0.25, 0.3) is 11.1 Å². The Morgan fingerprint density at radius 2 is 1.81 bits per heavy atom. The van der Waals surface area contributed by atoms with E-state index < -0.39 is 10.0 Å². The lowest BCUT2D eigenvalue weighted by Crippen LogP contribution is -2.14. The standard InChI is InChI=1S/C19H19N3O4S/c1-12-13(2)21-26-19(12)22-27(24,25)18-10-5-4-9-17(18)15-7-6-8-16(11-15)20-14(3)23/h4-11,22H,1-3H3,(H,20,23). The van der Waals surface area contributed by atoms with Gasteiger partial charge in [0.05, 0.1) is 10.6 Å². The second kappa shape index (κ2) is 7.24. The third-order valence-corrected chi connectivity index (χ3v) is 5.44. The first-order chi connectivity index (χ1) is 12.8. The molecule has 1 heterocycles. The Balaban J connectivity index is 2.03. The van der Waals surface area contributed by atoms with E-state index in [9.17, 15) is 13.2 Å². The number of carbonyl (C=O) groups excluding carboxylic acids is 1. The van der Waals surface area contributed by atoms with Crippen molar-refractivity contribution < 1.29 is 17.7 Å². The number of benzene rings is 2. The van der Waals surface area contributed by atoms with Crippen molar-refractivity contribution in [1.82, 2.24) is 5.16 Å². The van der Waals surface area contributed by atoms with Crippen LogP contribution in [0.3, 0.4) is 0 Å². The number of anilines is 2. The molecule has 0 atom stereocenters. The molecule has 0 spiro atoms. The Morgan fingerprint density at radius 1 is 1.07 bits per heavy atom. The molecule has 0 unspecified atom stereocenters. The summed E-state index contributed by atoms with van der Waals surface area (Å²) in [5, 5.41) is 6.47. The molecule has 8 heteroatoms. The van der Waals surface area contributed by atoms with Crippen molar-refractivity contribution in [3.05, 3.63) is 59.8 Å². The molecule has 3 aromatic rings. The lowest BCUT2D eigenvalue weighted by Gasteiger charge is -2.12. The summed E-state index contributed by atoms with van der Waals surface area (Å²) < 4.78 is 33.4. The number of hydrogen-bond donors (Lipinski definition) is 2. The zero-order valence-corrected chi connectivity index (χ0v) is 15.9. The highest BCUT2D eigenvalue weighted by molar-refractivity contribution is 7.92. The molecule has 2 aromatic carbocycles. The number of rotatable bonds is 5. The number of amides is 1. The minimum Gasteiger partial charge on any atom is -0.337 e. The van der Waals surface area contributed by atoms with Crippen molar-refractivity contribution >= 4 is 27.5 Å². The summed E-state index contributed by atoms with van der Waals surface area (Å²) in [7, 11) is -3.91. The minimum atomic E-state index is -3.91. The van der Waals surface area contributed by atoms with E-state index in [1.54, 1.807) is 56.3 Å². The SMILES string of the molecule is CC(=O)Nc1cccc(-c2ccccc2S(=O)(=O)Nc2onc(C)c2C)c1. The molecule has 1 amide bonds. The monoisotopic (exact) mass is 385 g/mol. The lowest BCUT2D eigenvalue weighted by atomic mass is 10.1. The van der Waals surface area contributed by atoms with Gasteiger partial charge in [0, 0.05) is 23.7 Å². The average Bonchev–Trinajstić information content (AvgIpc) is 2.93. The van der Waals surface area contributed by atoms with E-state index in [1.807, 2.05) is 0 Å². The summed E-state index contributed by atoms with van der Waals surface area (Å²) >= 11 is 0. The van der Waals surface area contributed by atoms with E-state index in [4.69, 9.17) is 4.52 Å². The molecule has 1 aromatic heterocycles. The number of aromatic nitrogens is 1. The Bertz CT molecular complexity index is 1100. The molecule has 0 saturated heterocycles. The highest BCUT2D eigenvalue weighted by atomic mass is 32.2. The van der Waals surface area contributed by atoms with E-state index in [-0.39, 0.29) is 16.7 Å². The van der Waals surface area contributed by atoms with Crippen LogP contribution in [0.2, 0.25) is 0 Å². The summed E-state index contributed by atoms with van der Waals surface area (Å²) in [6, 6.07) is 13.6. The molecule has 0 bridgehead atoms. The molecule has 0 aliphatic heterocycles. The molecule has 7 nitrogen and oxygen atoms in total. The topological polar surface area (TPSA) is 101 Å². The lowest BCUT2D eigenvalue weighted by molar-refractivity contribution is -0.114. The van der Waals surface area contributed by atoms with Gasteiger partial charge in [0.2, 0.25) is 11.8 Å². The molecule has 140 valence electrons. The molecule has 0 radical (unpaired) electrons. The van der Waals surface area contributed by atoms with Gasteiger partial charge in [-0.25, -0.2) is 13.1 Å². The van der Waals surface area contributed by atoms with E-state index in [0.29, 0.717) is 28.1 Å². The predicted octanol–water partition coefficient (Wildman–Crippen LogP) is 3.72. The van der Waals surface area contributed by atoms with Gasteiger partial charge >= 0.3 is 0 Å². The second-order valence-corrected chi connectivity index (χ2v) is 7.74. The largest absolute Gasteiger partial charge is 0.337 e. The van der Waals surface area contributed by atoms with E-state index in [1.165, 1.54) is 13.0 Å². The van der Waals surface area contributed by atoms with Gasteiger partial charge in [0.1, 0.15) is 0 Å². The number of hydrogen-bond acceptors (Lipinski definition) is 5. The fourth-order valence-electron chi connectivity index (χ4n) is 2.59. The first-order valence-corrected chi connectivity index (χ1v) is 9.69. The van der Waals surface area contributed by atoms with Gasteiger partial charge in [0.15, 0.2) is 0 Å². The van der Waals surface area contributed by atoms with Crippen molar-refractivity contribution in [2.24, 2.45) is 0 Å². The molecule has 27 heavy (non-hydrogen) atoms. The van der Waals surface area contributed by atoms with Crippen LogP contribution in [-0.4, -0.2) is 19.5 Å². The summed E-state index contributed by atoms with van der Waals surface area (Å²) in [6.07, 6.45) is 0. The van der Waals surface area contributed by atoms with Crippen LogP contribution in [0.15, 0.2) is 57.9 Å². The van der Waals surface area contributed by atoms with Crippen molar-refractivity contribution in [3.8, 4) is 11.1 Å². The zero-order valence-electron chi connectivity index (χ0n) is 15.1. The maximum atomic E-state index is 13.0. The minimum absolute atomic E-state index is 0.0919. The highest BCUT2D eigenvalue weighted by Gasteiger charge is 2.22. The van der Waals surface area contributed by atoms with Gasteiger partial charge in [0.25, 0.3) is 10.0 Å². The van der Waals surface area contributed by atoms with Crippen molar-refractivity contribution in [2.45, 2.75) is 25.7 Å². The molecular weight excluding hydrogens is 366 g/mol. The number of carbonyl (C=O) groups is 1. The van der Waals surface area contributed by atoms with Crippen LogP contribution < -0.4 is 10.0 Å². The van der Waals surface area contributed by atoms with Crippen LogP contribution in [0.5, 0.6) is 0 Å². The smallest absolute Gasteiger partial charge is 0.264 e. The van der Waals surface area contributed by atoms with Gasteiger partial charge in [-0.05, 0) is 37.6 Å². The van der Waals surface area contributed by atoms with E-state index in [2.05, 4.69) is 15.2 Å². The van der Waals surface area contributed by atoms with Gasteiger partial charge < -0.3 is 9.84 Å². The Labute approximate surface area is 157 Å². The molecular formula is C19H19N3O4S. The third kappa shape index (κ3) is 4.01. The number of nitrogens with zero attached hydrogens (tertiary/aromatic N) is 1. The van der Waals surface area contributed by atoms with Gasteiger partial charge in [-0.2, -0.15) is 0 Å². The van der Waals surface area contributed by atoms with Crippen molar-refractivity contribution in [2.75, 3.05) is 10.0 Å². The highest BCUT2D eigenvalue weighted by Crippen LogP contribution is 2.31. The first-order valence-electron chi connectivity index (χ1n) is 8.20. The molecule has 2 N–H and O–H groups in total. The molecule has 0 aliphatic rings. The van der Waals surface area contributed by atoms with Crippen LogP contribution in [-0.2, 0) is 14.8 Å². The summed E-state index contributed by atoms with van der Waals surface area (Å²) in [6.45, 7) is 4.88. The first kappa shape index (κ1) is 18.7. The summed E-state index contributed by atoms with van der Waals surface area (Å²) in [5.74, 6) is -0.111. The number of aryl methyl sites for hydroxylation is 1. The zero-order chi connectivity index (χ0) is 19.6. The molecule has 0 aliphatic carbocycles. The quantitative estimate of drug-likeness (QED) is 0.697. The summed E-state index contributed by atoms with van der Waals surface area (Å²) in [5.41, 5.74) is 2.99. The third-order valence-electron chi connectivity index (χ3n) is 4.05. The summed E-state index contributed by atoms with van der Waals surface area (Å²) in [4.78, 5) is 11.4. The maximum absolute atomic E-state index is 13.0. The normalized spacial score (nSPS) is 11.2. The maximum Gasteiger partial charge on any atom is 0.264 e. The fraction of sp³-hybridized carbons (Fsp3) is 0.158. The number of sulfonamides is 1. The Morgan fingerprint density at radius 3 is 2.48 bits per heavy atom. The Kier molecular flexibility index (Phi) is 5.00. The fourth-order valence-corrected chi connectivity index (χ4v) is 3.87. The Hall–Kier alpha value is -3.13. The molecule has 0 saturated carbocycles. The number of nitrogens with one attached hydrogen (secondary N) is 2. The second-order valence-electron chi connectivity index (χ2n) is 6.09. The van der Waals surface area contributed by atoms with Crippen LogP contribution in [0.1, 0.15) is 18.2 Å². The molecule has 0 fully saturated rings. The van der Waals surface area contributed by atoms with Crippen LogP contribution in [0, 0.1) is 13.8 Å². The van der Waals surface area contributed by atoms with E-state index in [0.717, 1.165) is 0 Å². The average molecular weight is 385 g/mol. The van der Waals surface area contributed by atoms with E-state index >= 15 is 0 Å². The van der Waals surface area contributed by atoms with Crippen molar-refractivity contribution in [1.29, 1.82) is 0 Å².